The van der Waals surface area contributed by atoms with Gasteiger partial charge in [-0.15, -0.1) is 0 Å². The second kappa shape index (κ2) is 7.17. The zero-order valence-electron chi connectivity index (χ0n) is 12.7. The third-order valence-corrected chi connectivity index (χ3v) is 3.70. The molecule has 0 heterocycles. The first-order chi connectivity index (χ1) is 10.5. The predicted molar refractivity (Wildman–Crippen MR) is 90.1 cm³/mol. The molecule has 0 aromatic heterocycles. The number of methoxy groups -OCH3 is 1. The van der Waals surface area contributed by atoms with Crippen molar-refractivity contribution in [3.63, 3.8) is 0 Å². The molecule has 2 rings (SSSR count). The van der Waals surface area contributed by atoms with E-state index >= 15 is 0 Å². The lowest BCUT2D eigenvalue weighted by Crippen LogP contribution is -2.09. The van der Waals surface area contributed by atoms with Gasteiger partial charge in [-0.3, -0.25) is 4.72 Å². The van der Waals surface area contributed by atoms with Gasteiger partial charge in [0.1, 0.15) is 5.75 Å². The van der Waals surface area contributed by atoms with E-state index in [1.807, 2.05) is 36.4 Å². The van der Waals surface area contributed by atoms with Crippen molar-refractivity contribution in [1.29, 1.82) is 0 Å². The summed E-state index contributed by atoms with van der Waals surface area (Å²) in [5.41, 5.74) is 2.74. The average molecular weight is 320 g/mol. The first-order valence-corrected chi connectivity index (χ1v) is 8.80. The van der Waals surface area contributed by atoms with Gasteiger partial charge in [0.25, 0.3) is 0 Å². The van der Waals surface area contributed by atoms with Crippen LogP contribution in [0.5, 0.6) is 5.75 Å². The molecule has 5 nitrogen and oxygen atoms in total. The van der Waals surface area contributed by atoms with Crippen molar-refractivity contribution in [2.24, 2.45) is 0 Å². The largest absolute Gasteiger partial charge is 0.497 e. The number of anilines is 2. The van der Waals surface area contributed by atoms with Crippen LogP contribution in [0.15, 0.2) is 48.5 Å². The minimum Gasteiger partial charge on any atom is -0.497 e. The Hall–Kier alpha value is -2.21. The van der Waals surface area contributed by atoms with E-state index in [0.717, 1.165) is 30.7 Å². The number of hydrogen-bond acceptors (Lipinski definition) is 4. The lowest BCUT2D eigenvalue weighted by atomic mass is 10.1. The number of ether oxygens (including phenoxy) is 1. The summed E-state index contributed by atoms with van der Waals surface area (Å²) in [6, 6.07) is 15.1. The van der Waals surface area contributed by atoms with E-state index in [1.165, 1.54) is 5.56 Å². The van der Waals surface area contributed by atoms with Crippen LogP contribution in [0.4, 0.5) is 11.4 Å². The van der Waals surface area contributed by atoms with Crippen LogP contribution in [0.25, 0.3) is 0 Å². The first kappa shape index (κ1) is 16.2. The molecular formula is C16H20N2O3S. The summed E-state index contributed by atoms with van der Waals surface area (Å²) in [6.45, 7) is 0.797. The topological polar surface area (TPSA) is 67.4 Å². The molecular weight excluding hydrogens is 300 g/mol. The lowest BCUT2D eigenvalue weighted by molar-refractivity contribution is 0.414. The first-order valence-electron chi connectivity index (χ1n) is 6.91. The summed E-state index contributed by atoms with van der Waals surface area (Å²) in [5.74, 6) is 0.852. The Morgan fingerprint density at radius 1 is 0.955 bits per heavy atom. The van der Waals surface area contributed by atoms with Crippen molar-refractivity contribution >= 4 is 21.4 Å². The van der Waals surface area contributed by atoms with Crippen LogP contribution in [0.3, 0.4) is 0 Å². The lowest BCUT2D eigenvalue weighted by Gasteiger charge is -2.09. The van der Waals surface area contributed by atoms with Gasteiger partial charge in [-0.2, -0.15) is 0 Å². The fourth-order valence-corrected chi connectivity index (χ4v) is 2.58. The fourth-order valence-electron chi connectivity index (χ4n) is 2.01. The molecule has 0 aliphatic carbocycles. The van der Waals surface area contributed by atoms with Crippen molar-refractivity contribution in [3.05, 3.63) is 54.1 Å². The Bertz CT molecular complexity index is 695. The quantitative estimate of drug-likeness (QED) is 0.823. The van der Waals surface area contributed by atoms with E-state index in [9.17, 15) is 8.42 Å². The highest BCUT2D eigenvalue weighted by Gasteiger charge is 2.01. The molecule has 22 heavy (non-hydrogen) atoms. The van der Waals surface area contributed by atoms with Crippen molar-refractivity contribution in [2.75, 3.05) is 29.9 Å². The van der Waals surface area contributed by atoms with Crippen LogP contribution >= 0.6 is 0 Å². The molecule has 0 amide bonds. The van der Waals surface area contributed by atoms with E-state index < -0.39 is 10.0 Å². The average Bonchev–Trinajstić information content (AvgIpc) is 2.48. The minimum atomic E-state index is -3.23. The molecule has 0 saturated carbocycles. The molecule has 0 unspecified atom stereocenters. The van der Waals surface area contributed by atoms with Gasteiger partial charge in [-0.05, 0) is 48.4 Å². The van der Waals surface area contributed by atoms with Crippen molar-refractivity contribution < 1.29 is 13.2 Å². The smallest absolute Gasteiger partial charge is 0.229 e. The van der Waals surface area contributed by atoms with Crippen molar-refractivity contribution in [3.8, 4) is 5.75 Å². The van der Waals surface area contributed by atoms with Crippen LogP contribution in [-0.4, -0.2) is 28.3 Å². The molecule has 2 N–H and O–H groups in total. The number of rotatable bonds is 7. The number of nitrogens with one attached hydrogen (secondary N) is 2. The van der Waals surface area contributed by atoms with Crippen molar-refractivity contribution in [2.45, 2.75) is 6.42 Å². The molecule has 0 aliphatic heterocycles. The molecule has 2 aromatic rings. The maximum Gasteiger partial charge on any atom is 0.229 e. The van der Waals surface area contributed by atoms with Crippen LogP contribution in [-0.2, 0) is 16.4 Å². The fraction of sp³-hybridized carbons (Fsp3) is 0.250. The summed E-state index contributed by atoms with van der Waals surface area (Å²) in [4.78, 5) is 0. The molecule has 0 aliphatic rings. The van der Waals surface area contributed by atoms with Gasteiger partial charge < -0.3 is 10.1 Å². The Balaban J connectivity index is 1.83. The summed E-state index contributed by atoms with van der Waals surface area (Å²) < 4.78 is 29.8. The van der Waals surface area contributed by atoms with Gasteiger partial charge in [0.05, 0.1) is 13.4 Å². The minimum absolute atomic E-state index is 0.559. The zero-order valence-corrected chi connectivity index (χ0v) is 13.5. The monoisotopic (exact) mass is 320 g/mol. The van der Waals surface area contributed by atoms with Crippen LogP contribution in [0, 0.1) is 0 Å². The molecule has 2 aromatic carbocycles. The third kappa shape index (κ3) is 5.29. The highest BCUT2D eigenvalue weighted by atomic mass is 32.2. The Labute approximate surface area is 131 Å². The van der Waals surface area contributed by atoms with E-state index in [-0.39, 0.29) is 0 Å². The molecule has 0 radical (unpaired) electrons. The maximum absolute atomic E-state index is 11.1. The zero-order chi connectivity index (χ0) is 16.0. The van der Waals surface area contributed by atoms with E-state index in [2.05, 4.69) is 10.0 Å². The van der Waals surface area contributed by atoms with Gasteiger partial charge in [-0.1, -0.05) is 12.1 Å². The van der Waals surface area contributed by atoms with E-state index in [4.69, 9.17) is 4.74 Å². The number of benzene rings is 2. The van der Waals surface area contributed by atoms with E-state index in [1.54, 1.807) is 19.2 Å². The third-order valence-electron chi connectivity index (χ3n) is 3.09. The number of hydrogen-bond donors (Lipinski definition) is 2. The SMILES string of the molecule is COc1ccc(CCNc2ccc(NS(C)(=O)=O)cc2)cc1. The standard InChI is InChI=1S/C16H20N2O3S/c1-21-16-9-3-13(4-10-16)11-12-17-14-5-7-15(8-6-14)18-22(2,19)20/h3-10,17-18H,11-12H2,1-2H3. The molecule has 0 spiro atoms. The maximum atomic E-state index is 11.1. The molecule has 6 heteroatoms. The predicted octanol–water partition coefficient (Wildman–Crippen LogP) is 2.72. The number of sulfonamides is 1. The van der Waals surface area contributed by atoms with Crippen LogP contribution in [0.2, 0.25) is 0 Å². The Kier molecular flexibility index (Phi) is 5.27. The molecule has 0 atom stereocenters. The normalized spacial score (nSPS) is 11.0. The van der Waals surface area contributed by atoms with Gasteiger partial charge in [0.15, 0.2) is 0 Å². The van der Waals surface area contributed by atoms with Crippen LogP contribution in [0.1, 0.15) is 5.56 Å². The van der Waals surface area contributed by atoms with Crippen molar-refractivity contribution in [1.82, 2.24) is 0 Å². The highest BCUT2D eigenvalue weighted by molar-refractivity contribution is 7.92. The molecule has 118 valence electrons. The summed E-state index contributed by atoms with van der Waals surface area (Å²) in [5, 5.41) is 3.30. The summed E-state index contributed by atoms with van der Waals surface area (Å²) in [6.07, 6.45) is 2.03. The van der Waals surface area contributed by atoms with Gasteiger partial charge in [-0.25, -0.2) is 8.42 Å². The van der Waals surface area contributed by atoms with Gasteiger partial charge in [0.2, 0.25) is 10.0 Å². The summed E-state index contributed by atoms with van der Waals surface area (Å²) in [7, 11) is -1.58. The molecule has 0 bridgehead atoms. The second-order valence-electron chi connectivity index (χ2n) is 4.98. The second-order valence-corrected chi connectivity index (χ2v) is 6.72. The molecule has 0 fully saturated rings. The Morgan fingerprint density at radius 2 is 1.55 bits per heavy atom. The van der Waals surface area contributed by atoms with E-state index in [0.29, 0.717) is 5.69 Å². The van der Waals surface area contributed by atoms with Gasteiger partial charge in [0, 0.05) is 17.9 Å². The van der Waals surface area contributed by atoms with Crippen LogP contribution < -0.4 is 14.8 Å². The summed E-state index contributed by atoms with van der Waals surface area (Å²) >= 11 is 0. The molecule has 0 saturated heterocycles. The van der Waals surface area contributed by atoms with Gasteiger partial charge >= 0.3 is 0 Å². The Morgan fingerprint density at radius 3 is 2.09 bits per heavy atom. The highest BCUT2D eigenvalue weighted by Crippen LogP contribution is 2.15.